The van der Waals surface area contributed by atoms with Gasteiger partial charge >= 0.3 is 58.4 Å². The van der Waals surface area contributed by atoms with E-state index in [1.165, 1.54) is 4.90 Å². The van der Waals surface area contributed by atoms with Crippen LogP contribution in [-0.4, -0.2) is 42.1 Å². The second kappa shape index (κ2) is 6.24. The number of hydrogen-bond acceptors (Lipinski definition) is 2. The zero-order valence-electron chi connectivity index (χ0n) is 10.3. The number of hydrogen-bond donors (Lipinski definition) is 1. The Bertz CT molecular complexity index is 266. The molecule has 0 radical (unpaired) electrons. The maximum Gasteiger partial charge on any atom is 1.00 e. The van der Waals surface area contributed by atoms with E-state index >= 15 is 0 Å². The fourth-order valence-electron chi connectivity index (χ4n) is 3.10. The van der Waals surface area contributed by atoms with Crippen LogP contribution in [0.25, 0.3) is 0 Å². The molecule has 2 aliphatic rings. The summed E-state index contributed by atoms with van der Waals surface area (Å²) >= 11 is 0. The number of rotatable bonds is 2. The number of fused-ring (bicyclic) bond motifs is 1. The molecule has 2 fully saturated rings. The maximum absolute atomic E-state index is 12.3. The van der Waals surface area contributed by atoms with Crippen LogP contribution in [0.5, 0.6) is 0 Å². The minimum atomic E-state index is -4.73. The Morgan fingerprint density at radius 2 is 1.94 bits per heavy atom. The van der Waals surface area contributed by atoms with Crippen molar-refractivity contribution in [2.45, 2.75) is 37.7 Å². The van der Waals surface area contributed by atoms with E-state index in [1.807, 2.05) is 0 Å². The summed E-state index contributed by atoms with van der Waals surface area (Å²) < 4.78 is 37.0. The number of likely N-dealkylation sites (tertiary alicyclic amines) is 1. The van der Waals surface area contributed by atoms with Crippen molar-refractivity contribution in [3.8, 4) is 0 Å². The van der Waals surface area contributed by atoms with Crippen LogP contribution >= 0.6 is 0 Å². The molecule has 0 amide bonds. The summed E-state index contributed by atoms with van der Waals surface area (Å²) in [6.07, 6.45) is 3.42. The predicted molar refractivity (Wildman–Crippen MR) is 57.0 cm³/mol. The van der Waals surface area contributed by atoms with Crippen LogP contribution in [0.3, 0.4) is 0 Å². The van der Waals surface area contributed by atoms with Crippen molar-refractivity contribution in [2.75, 3.05) is 19.5 Å². The first-order valence-electron chi connectivity index (χ1n) is 6.05. The maximum atomic E-state index is 12.3. The molecule has 2 unspecified atom stereocenters. The van der Waals surface area contributed by atoms with E-state index in [0.717, 1.165) is 25.7 Å². The summed E-state index contributed by atoms with van der Waals surface area (Å²) in [6.45, 7) is -3.94. The third-order valence-corrected chi connectivity index (χ3v) is 3.98. The molecular formula is C10H18BF3KNO. The molecule has 2 nitrogen and oxygen atoms in total. The number of piperidine rings is 1. The van der Waals surface area contributed by atoms with Crippen molar-refractivity contribution >= 4 is 6.98 Å². The van der Waals surface area contributed by atoms with E-state index in [0.29, 0.717) is 19.5 Å². The van der Waals surface area contributed by atoms with Gasteiger partial charge < -0.3 is 23.0 Å². The molecule has 94 valence electrons. The molecule has 0 aromatic carbocycles. The summed E-state index contributed by atoms with van der Waals surface area (Å²) in [6, 6.07) is 0. The molecule has 1 aliphatic carbocycles. The first kappa shape index (κ1) is 16.5. The van der Waals surface area contributed by atoms with Gasteiger partial charge in [-0.3, -0.25) is 0 Å². The van der Waals surface area contributed by atoms with Crippen LogP contribution in [0.2, 0.25) is 0 Å². The molecule has 2 rings (SSSR count). The molecule has 17 heavy (non-hydrogen) atoms. The summed E-state index contributed by atoms with van der Waals surface area (Å²) in [5.74, 6) is 0.0492. The molecule has 1 N–H and O–H groups in total. The van der Waals surface area contributed by atoms with Gasteiger partial charge in [-0.1, -0.05) is 12.8 Å². The van der Waals surface area contributed by atoms with Gasteiger partial charge in [0.1, 0.15) is 0 Å². The zero-order chi connectivity index (χ0) is 11.8. The van der Waals surface area contributed by atoms with Crippen LogP contribution < -0.4 is 51.4 Å². The Kier molecular flexibility index (Phi) is 6.04. The molecule has 0 bridgehead atoms. The Balaban J connectivity index is 0.00000144. The van der Waals surface area contributed by atoms with E-state index in [4.69, 9.17) is 0 Å². The molecule has 1 saturated heterocycles. The van der Waals surface area contributed by atoms with Crippen molar-refractivity contribution in [3.05, 3.63) is 0 Å². The van der Waals surface area contributed by atoms with Gasteiger partial charge in [-0.25, -0.2) is 0 Å². The first-order chi connectivity index (χ1) is 7.39. The smallest absolute Gasteiger partial charge is 0.448 e. The van der Waals surface area contributed by atoms with Crippen molar-refractivity contribution in [1.82, 2.24) is 4.90 Å². The normalized spacial score (nSPS) is 34.9. The molecule has 0 spiro atoms. The summed E-state index contributed by atoms with van der Waals surface area (Å²) in [5.41, 5.74) is -0.673. The number of halogens is 3. The molecule has 2 atom stereocenters. The third-order valence-electron chi connectivity index (χ3n) is 3.98. The second-order valence-electron chi connectivity index (χ2n) is 5.27. The molecule has 0 aromatic heterocycles. The SMILES string of the molecule is OC12CCCCC1CN(C[B-](F)(F)F)CC2.[K+]. The van der Waals surface area contributed by atoms with Gasteiger partial charge in [0.05, 0.1) is 5.60 Å². The molecule has 0 aromatic rings. The first-order valence-corrected chi connectivity index (χ1v) is 6.05. The topological polar surface area (TPSA) is 23.5 Å². The van der Waals surface area contributed by atoms with Crippen LogP contribution in [0.1, 0.15) is 32.1 Å². The Hall–Kier alpha value is 1.41. The van der Waals surface area contributed by atoms with Crippen LogP contribution in [0.15, 0.2) is 0 Å². The van der Waals surface area contributed by atoms with Crippen molar-refractivity contribution < 1.29 is 69.4 Å². The van der Waals surface area contributed by atoms with E-state index in [-0.39, 0.29) is 57.3 Å². The van der Waals surface area contributed by atoms with E-state index < -0.39 is 19.0 Å². The van der Waals surface area contributed by atoms with E-state index in [1.54, 1.807) is 0 Å². The van der Waals surface area contributed by atoms with Gasteiger partial charge in [-0.15, -0.1) is 0 Å². The molecule has 1 heterocycles. The van der Waals surface area contributed by atoms with Gasteiger partial charge in [0.25, 0.3) is 0 Å². The van der Waals surface area contributed by atoms with Gasteiger partial charge in [0, 0.05) is 12.5 Å². The summed E-state index contributed by atoms with van der Waals surface area (Å²) in [5, 5.41) is 10.3. The quantitative estimate of drug-likeness (QED) is 0.654. The standard InChI is InChI=1S/C10H18BF3NO.K/c12-11(13,14)8-15-6-5-10(16)4-2-1-3-9(10)7-15;/h9,16H,1-8H2;/q-1;+1. The van der Waals surface area contributed by atoms with E-state index in [2.05, 4.69) is 0 Å². The third kappa shape index (κ3) is 4.47. The fraction of sp³-hybridized carbons (Fsp3) is 1.00. The van der Waals surface area contributed by atoms with Crippen molar-refractivity contribution in [2.24, 2.45) is 5.92 Å². The van der Waals surface area contributed by atoms with Gasteiger partial charge in [-0.2, -0.15) is 0 Å². The largest absolute Gasteiger partial charge is 1.00 e. The summed E-state index contributed by atoms with van der Waals surface area (Å²) in [4.78, 5) is 1.46. The predicted octanol–water partition coefficient (Wildman–Crippen LogP) is -0.996. The van der Waals surface area contributed by atoms with Crippen LogP contribution in [-0.2, 0) is 0 Å². The van der Waals surface area contributed by atoms with E-state index in [9.17, 15) is 18.1 Å². The van der Waals surface area contributed by atoms with Gasteiger partial charge in [-0.05, 0) is 32.3 Å². The van der Waals surface area contributed by atoms with Crippen LogP contribution in [0.4, 0.5) is 12.9 Å². The monoisotopic (exact) mass is 275 g/mol. The average molecular weight is 275 g/mol. The Labute approximate surface area is 143 Å². The minimum absolute atomic E-state index is 0. The molecule has 1 aliphatic heterocycles. The fourth-order valence-corrected chi connectivity index (χ4v) is 3.10. The minimum Gasteiger partial charge on any atom is -0.448 e. The average Bonchev–Trinajstić information content (AvgIpc) is 2.16. The Morgan fingerprint density at radius 1 is 1.24 bits per heavy atom. The van der Waals surface area contributed by atoms with Crippen molar-refractivity contribution in [1.29, 1.82) is 0 Å². The summed E-state index contributed by atoms with van der Waals surface area (Å²) in [7, 11) is 0. The number of aliphatic hydroxyl groups is 1. The van der Waals surface area contributed by atoms with Crippen LogP contribution in [0, 0.1) is 5.92 Å². The van der Waals surface area contributed by atoms with Gasteiger partial charge in [0.2, 0.25) is 0 Å². The molecule has 7 heteroatoms. The molecular weight excluding hydrogens is 257 g/mol. The van der Waals surface area contributed by atoms with Crippen molar-refractivity contribution in [3.63, 3.8) is 0 Å². The number of nitrogens with zero attached hydrogens (tertiary/aromatic N) is 1. The van der Waals surface area contributed by atoms with Gasteiger partial charge in [0.15, 0.2) is 0 Å². The Morgan fingerprint density at radius 3 is 2.59 bits per heavy atom. The zero-order valence-corrected chi connectivity index (χ0v) is 13.5. The molecule has 1 saturated carbocycles. The second-order valence-corrected chi connectivity index (χ2v) is 5.27.